The number of carbonyl (C=O) groups excluding carboxylic acids is 1. The molecule has 0 amide bonds. The van der Waals surface area contributed by atoms with Crippen LogP contribution in [0, 0.1) is 0 Å². The van der Waals surface area contributed by atoms with Gasteiger partial charge >= 0.3 is 5.97 Å². The number of esters is 1. The van der Waals surface area contributed by atoms with E-state index in [1.807, 2.05) is 24.3 Å². The first-order valence-corrected chi connectivity index (χ1v) is 6.11. The van der Waals surface area contributed by atoms with E-state index in [0.29, 0.717) is 18.9 Å². The van der Waals surface area contributed by atoms with Crippen molar-refractivity contribution >= 4 is 11.7 Å². The Morgan fingerprint density at radius 2 is 2.26 bits per heavy atom. The Balaban J connectivity index is 2.65. The Bertz CT molecular complexity index is 466. The maximum Gasteiger partial charge on any atom is 0.332 e. The molecule has 0 unspecified atom stereocenters. The second-order valence-electron chi connectivity index (χ2n) is 3.83. The molecule has 19 heavy (non-hydrogen) atoms. The van der Waals surface area contributed by atoms with Crippen molar-refractivity contribution in [1.29, 1.82) is 0 Å². The molecule has 4 nitrogen and oxygen atoms in total. The molecule has 0 spiro atoms. The summed E-state index contributed by atoms with van der Waals surface area (Å²) in [6.07, 6.45) is 3.10. The number of benzene rings is 1. The largest absolute Gasteiger partial charge is 0.489 e. The summed E-state index contributed by atoms with van der Waals surface area (Å²) in [5.41, 5.74) is 1.55. The van der Waals surface area contributed by atoms with Crippen molar-refractivity contribution in [1.82, 2.24) is 0 Å². The van der Waals surface area contributed by atoms with Crippen LogP contribution >= 0.6 is 0 Å². The fraction of sp³-hybridized carbons (Fsp3) is 0.267. The van der Waals surface area contributed by atoms with Crippen LogP contribution in [-0.2, 0) is 9.53 Å². The summed E-state index contributed by atoms with van der Waals surface area (Å²) in [5, 5.41) is 3.10. The lowest BCUT2D eigenvalue weighted by Gasteiger charge is -2.09. The first-order valence-electron chi connectivity index (χ1n) is 6.11. The molecule has 4 heteroatoms. The van der Waals surface area contributed by atoms with E-state index in [1.165, 1.54) is 6.08 Å². The van der Waals surface area contributed by atoms with Gasteiger partial charge in [-0.05, 0) is 26.0 Å². The fourth-order valence-electron chi connectivity index (χ4n) is 1.44. The van der Waals surface area contributed by atoms with E-state index in [-0.39, 0.29) is 5.97 Å². The molecule has 0 aliphatic rings. The minimum absolute atomic E-state index is 0.355. The van der Waals surface area contributed by atoms with Gasteiger partial charge in [-0.3, -0.25) is 0 Å². The number of allylic oxidation sites excluding steroid dienone is 1. The summed E-state index contributed by atoms with van der Waals surface area (Å²) < 4.78 is 10.3. The van der Waals surface area contributed by atoms with E-state index < -0.39 is 0 Å². The Labute approximate surface area is 113 Å². The molecule has 1 aromatic rings. The monoisotopic (exact) mass is 261 g/mol. The van der Waals surface area contributed by atoms with Gasteiger partial charge in [0.15, 0.2) is 0 Å². The van der Waals surface area contributed by atoms with Crippen molar-refractivity contribution in [3.05, 3.63) is 48.7 Å². The van der Waals surface area contributed by atoms with Crippen LogP contribution in [0.4, 0.5) is 5.69 Å². The van der Waals surface area contributed by atoms with Crippen molar-refractivity contribution in [2.24, 2.45) is 0 Å². The van der Waals surface area contributed by atoms with Crippen LogP contribution in [-0.4, -0.2) is 19.2 Å². The van der Waals surface area contributed by atoms with Crippen LogP contribution in [0.2, 0.25) is 0 Å². The van der Waals surface area contributed by atoms with Gasteiger partial charge in [0.05, 0.1) is 6.61 Å². The SMILES string of the molecule is C=CCOc1cccc(N/C(C)=C\C(=O)OCC)c1. The molecular weight excluding hydrogens is 242 g/mol. The molecule has 0 aliphatic heterocycles. The van der Waals surface area contributed by atoms with Crippen LogP contribution in [0.3, 0.4) is 0 Å². The first-order chi connectivity index (χ1) is 9.15. The summed E-state index contributed by atoms with van der Waals surface area (Å²) in [5.74, 6) is 0.389. The lowest BCUT2D eigenvalue weighted by Crippen LogP contribution is -2.04. The number of hydrogen-bond acceptors (Lipinski definition) is 4. The normalized spacial score (nSPS) is 10.7. The minimum Gasteiger partial charge on any atom is -0.489 e. The van der Waals surface area contributed by atoms with Gasteiger partial charge in [0.25, 0.3) is 0 Å². The standard InChI is InChI=1S/C15H19NO3/c1-4-9-19-14-8-6-7-13(11-14)16-12(3)10-15(17)18-5-2/h4,6-8,10-11,16H,1,5,9H2,2-3H3/b12-10-. The topological polar surface area (TPSA) is 47.6 Å². The lowest BCUT2D eigenvalue weighted by molar-refractivity contribution is -0.137. The zero-order valence-electron chi connectivity index (χ0n) is 11.3. The van der Waals surface area contributed by atoms with Gasteiger partial charge in [-0.25, -0.2) is 4.79 Å². The third kappa shape index (κ3) is 5.77. The fourth-order valence-corrected chi connectivity index (χ4v) is 1.44. The van der Waals surface area contributed by atoms with E-state index in [1.54, 1.807) is 19.9 Å². The average Bonchev–Trinajstić information content (AvgIpc) is 2.36. The predicted molar refractivity (Wildman–Crippen MR) is 76.1 cm³/mol. The molecule has 102 valence electrons. The van der Waals surface area contributed by atoms with Crippen molar-refractivity contribution in [2.45, 2.75) is 13.8 Å². The second-order valence-corrected chi connectivity index (χ2v) is 3.83. The van der Waals surface area contributed by atoms with Crippen LogP contribution in [0.15, 0.2) is 48.7 Å². The summed E-state index contributed by atoms with van der Waals surface area (Å²) in [6, 6.07) is 7.48. The van der Waals surface area contributed by atoms with Crippen molar-refractivity contribution in [3.63, 3.8) is 0 Å². The molecule has 1 rings (SSSR count). The van der Waals surface area contributed by atoms with E-state index in [4.69, 9.17) is 9.47 Å². The van der Waals surface area contributed by atoms with Gasteiger partial charge in [0, 0.05) is 23.5 Å². The molecule has 1 N–H and O–H groups in total. The number of nitrogens with one attached hydrogen (secondary N) is 1. The number of carbonyl (C=O) groups is 1. The Hall–Kier alpha value is -2.23. The van der Waals surface area contributed by atoms with Crippen LogP contribution < -0.4 is 10.1 Å². The van der Waals surface area contributed by atoms with E-state index in [0.717, 1.165) is 11.4 Å². The van der Waals surface area contributed by atoms with Crippen LogP contribution in [0.25, 0.3) is 0 Å². The zero-order valence-corrected chi connectivity index (χ0v) is 11.3. The molecule has 0 atom stereocenters. The molecule has 0 aromatic heterocycles. The molecule has 0 bridgehead atoms. The molecule has 0 heterocycles. The Morgan fingerprint density at radius 3 is 2.95 bits per heavy atom. The number of rotatable bonds is 7. The summed E-state index contributed by atoms with van der Waals surface area (Å²) in [6.45, 7) is 8.00. The predicted octanol–water partition coefficient (Wildman–Crippen LogP) is 3.13. The van der Waals surface area contributed by atoms with E-state index in [9.17, 15) is 4.79 Å². The third-order valence-electron chi connectivity index (χ3n) is 2.16. The highest BCUT2D eigenvalue weighted by atomic mass is 16.5. The maximum atomic E-state index is 11.3. The number of hydrogen-bond donors (Lipinski definition) is 1. The van der Waals surface area contributed by atoms with Crippen LogP contribution in [0.1, 0.15) is 13.8 Å². The summed E-state index contributed by atoms with van der Waals surface area (Å²) in [4.78, 5) is 11.3. The molecule has 0 aliphatic carbocycles. The first kappa shape index (κ1) is 14.8. The van der Waals surface area contributed by atoms with Crippen molar-refractivity contribution in [2.75, 3.05) is 18.5 Å². The molecule has 0 fully saturated rings. The molecule has 0 saturated carbocycles. The Kier molecular flexibility index (Phi) is 6.22. The van der Waals surface area contributed by atoms with Crippen molar-refractivity contribution in [3.8, 4) is 5.75 Å². The minimum atomic E-state index is -0.355. The van der Waals surface area contributed by atoms with E-state index in [2.05, 4.69) is 11.9 Å². The van der Waals surface area contributed by atoms with Crippen molar-refractivity contribution < 1.29 is 14.3 Å². The second kappa shape index (κ2) is 7.97. The zero-order chi connectivity index (χ0) is 14.1. The number of anilines is 1. The van der Waals surface area contributed by atoms with Gasteiger partial charge in [-0.2, -0.15) is 0 Å². The van der Waals surface area contributed by atoms with E-state index >= 15 is 0 Å². The highest BCUT2D eigenvalue weighted by Gasteiger charge is 2.00. The van der Waals surface area contributed by atoms with Gasteiger partial charge < -0.3 is 14.8 Å². The van der Waals surface area contributed by atoms with Crippen LogP contribution in [0.5, 0.6) is 5.75 Å². The molecular formula is C15H19NO3. The molecule has 1 aromatic carbocycles. The lowest BCUT2D eigenvalue weighted by atomic mass is 10.3. The van der Waals surface area contributed by atoms with Gasteiger partial charge in [-0.1, -0.05) is 18.7 Å². The third-order valence-corrected chi connectivity index (χ3v) is 2.16. The van der Waals surface area contributed by atoms with Gasteiger partial charge in [0.2, 0.25) is 0 Å². The number of ether oxygens (including phenoxy) is 2. The van der Waals surface area contributed by atoms with Gasteiger partial charge in [-0.15, -0.1) is 0 Å². The van der Waals surface area contributed by atoms with Gasteiger partial charge in [0.1, 0.15) is 12.4 Å². The maximum absolute atomic E-state index is 11.3. The summed E-state index contributed by atoms with van der Waals surface area (Å²) >= 11 is 0. The molecule has 0 saturated heterocycles. The smallest absolute Gasteiger partial charge is 0.332 e. The Morgan fingerprint density at radius 1 is 1.47 bits per heavy atom. The highest BCUT2D eigenvalue weighted by molar-refractivity contribution is 5.83. The average molecular weight is 261 g/mol. The quantitative estimate of drug-likeness (QED) is 0.465. The molecule has 0 radical (unpaired) electrons. The highest BCUT2D eigenvalue weighted by Crippen LogP contribution is 2.18. The summed E-state index contributed by atoms with van der Waals surface area (Å²) in [7, 11) is 0.